The molecular weight excluding hydrogens is 202 g/mol. The van der Waals surface area contributed by atoms with E-state index in [1.54, 1.807) is 0 Å². The number of carbonyl (C=O) groups is 1. The highest BCUT2D eigenvalue weighted by atomic mass is 35.5. The van der Waals surface area contributed by atoms with Gasteiger partial charge in [0.15, 0.2) is 0 Å². The van der Waals surface area contributed by atoms with E-state index in [9.17, 15) is 4.79 Å². The number of aliphatic carboxylic acids is 1. The number of carboxylic acids is 1. The van der Waals surface area contributed by atoms with Crippen LogP contribution in [0.1, 0.15) is 32.1 Å². The van der Waals surface area contributed by atoms with Gasteiger partial charge < -0.3 is 10.8 Å². The molecule has 4 heteroatoms. The third kappa shape index (κ3) is 0.812. The van der Waals surface area contributed by atoms with Gasteiger partial charge in [-0.05, 0) is 36.5 Å². The molecule has 1 unspecified atom stereocenters. The summed E-state index contributed by atoms with van der Waals surface area (Å²) in [5, 5.41) is 9.10. The summed E-state index contributed by atoms with van der Waals surface area (Å²) in [5.74, 6) is -0.625. The second-order valence-electron chi connectivity index (χ2n) is 5.11. The molecule has 3 aliphatic carbocycles. The number of rotatable bonds is 1. The van der Waals surface area contributed by atoms with Gasteiger partial charge in [0, 0.05) is 6.04 Å². The molecule has 0 radical (unpaired) electrons. The first-order valence-electron chi connectivity index (χ1n) is 5.11. The summed E-state index contributed by atoms with van der Waals surface area (Å²) in [7, 11) is 0. The van der Waals surface area contributed by atoms with Crippen LogP contribution >= 0.6 is 12.4 Å². The maximum atomic E-state index is 11.0. The van der Waals surface area contributed by atoms with E-state index in [-0.39, 0.29) is 35.2 Å². The normalized spacial score (nSPS) is 46.4. The summed E-state index contributed by atoms with van der Waals surface area (Å²) in [6, 6.07) is 0.279. The third-order valence-electron chi connectivity index (χ3n) is 4.76. The largest absolute Gasteiger partial charge is 0.481 e. The molecule has 0 aromatic rings. The molecule has 0 aromatic heterocycles. The van der Waals surface area contributed by atoms with E-state index in [0.29, 0.717) is 0 Å². The van der Waals surface area contributed by atoms with Gasteiger partial charge in [-0.15, -0.1) is 12.4 Å². The van der Waals surface area contributed by atoms with Gasteiger partial charge in [-0.25, -0.2) is 0 Å². The van der Waals surface area contributed by atoms with Crippen LogP contribution in [-0.4, -0.2) is 17.1 Å². The molecule has 0 aromatic carbocycles. The van der Waals surface area contributed by atoms with Crippen LogP contribution in [0.3, 0.4) is 0 Å². The molecule has 80 valence electrons. The Labute approximate surface area is 89.5 Å². The average Bonchev–Trinajstić information content (AvgIpc) is 2.50. The van der Waals surface area contributed by atoms with Crippen molar-refractivity contribution in [1.82, 2.24) is 0 Å². The predicted octanol–water partition coefficient (Wildman–Crippen LogP) is 1.40. The zero-order valence-electron chi connectivity index (χ0n) is 8.03. The van der Waals surface area contributed by atoms with Crippen LogP contribution < -0.4 is 5.73 Å². The van der Waals surface area contributed by atoms with Gasteiger partial charge in [0.2, 0.25) is 0 Å². The molecule has 3 saturated carbocycles. The van der Waals surface area contributed by atoms with Gasteiger partial charge in [-0.2, -0.15) is 0 Å². The molecule has 3 aliphatic rings. The molecule has 3 rings (SSSR count). The third-order valence-corrected chi connectivity index (χ3v) is 4.76. The maximum absolute atomic E-state index is 11.0. The lowest BCUT2D eigenvalue weighted by Crippen LogP contribution is -2.42. The fourth-order valence-electron chi connectivity index (χ4n) is 4.07. The molecular formula is C10H16ClNO2. The van der Waals surface area contributed by atoms with Crippen LogP contribution in [0.2, 0.25) is 0 Å². The number of carboxylic acid groups (broad SMARTS) is 1. The van der Waals surface area contributed by atoms with Gasteiger partial charge >= 0.3 is 5.97 Å². The molecule has 3 fully saturated rings. The van der Waals surface area contributed by atoms with E-state index in [0.717, 1.165) is 25.7 Å². The van der Waals surface area contributed by atoms with Gasteiger partial charge in [0.25, 0.3) is 0 Å². The molecule has 2 spiro atoms. The highest BCUT2D eigenvalue weighted by Gasteiger charge is 2.83. The van der Waals surface area contributed by atoms with Gasteiger partial charge in [0.1, 0.15) is 0 Å². The summed E-state index contributed by atoms with van der Waals surface area (Å²) < 4.78 is 0. The van der Waals surface area contributed by atoms with E-state index < -0.39 is 5.97 Å². The molecule has 0 amide bonds. The molecule has 1 atom stereocenters. The van der Waals surface area contributed by atoms with Crippen LogP contribution in [-0.2, 0) is 4.79 Å². The van der Waals surface area contributed by atoms with E-state index in [4.69, 9.17) is 10.8 Å². The predicted molar refractivity (Wildman–Crippen MR) is 54.3 cm³/mol. The fourth-order valence-corrected chi connectivity index (χ4v) is 4.07. The van der Waals surface area contributed by atoms with E-state index in [1.807, 2.05) is 0 Å². The highest BCUT2D eigenvalue weighted by molar-refractivity contribution is 5.85. The second kappa shape index (κ2) is 2.64. The Balaban J connectivity index is 0.000000750. The van der Waals surface area contributed by atoms with Crippen molar-refractivity contribution in [3.8, 4) is 0 Å². The number of hydrogen-bond donors (Lipinski definition) is 2. The molecule has 14 heavy (non-hydrogen) atoms. The van der Waals surface area contributed by atoms with Crippen molar-refractivity contribution in [1.29, 1.82) is 0 Å². The fraction of sp³-hybridized carbons (Fsp3) is 0.900. The number of nitrogens with two attached hydrogens (primary N) is 1. The molecule has 0 heterocycles. The smallest absolute Gasteiger partial charge is 0.307 e. The first kappa shape index (κ1) is 10.2. The van der Waals surface area contributed by atoms with Gasteiger partial charge in [-0.1, -0.05) is 6.42 Å². The van der Waals surface area contributed by atoms with Crippen molar-refractivity contribution in [3.63, 3.8) is 0 Å². The van der Waals surface area contributed by atoms with Crippen LogP contribution in [0.15, 0.2) is 0 Å². The Hall–Kier alpha value is -0.280. The lowest BCUT2D eigenvalue weighted by Gasteiger charge is -2.41. The Morgan fingerprint density at radius 3 is 2.07 bits per heavy atom. The standard InChI is InChI=1S/C10H15NO2.ClH/c11-6-4-10(5-6)7(8(12)13)9(10)2-1-3-9;/h6-7H,1-5,11H2,(H,12,13);1H. The SMILES string of the molecule is Cl.NC1CC2(C1)C(C(=O)O)C21CCC1. The maximum Gasteiger partial charge on any atom is 0.307 e. The summed E-state index contributed by atoms with van der Waals surface area (Å²) in [6.45, 7) is 0. The van der Waals surface area contributed by atoms with Crippen LogP contribution in [0.5, 0.6) is 0 Å². The molecule has 3 nitrogen and oxygen atoms in total. The summed E-state index contributed by atoms with van der Waals surface area (Å²) in [4.78, 5) is 11.0. The highest BCUT2D eigenvalue weighted by Crippen LogP contribution is 2.84. The van der Waals surface area contributed by atoms with Crippen molar-refractivity contribution in [3.05, 3.63) is 0 Å². The molecule has 0 aliphatic heterocycles. The molecule has 3 N–H and O–H groups in total. The second-order valence-corrected chi connectivity index (χ2v) is 5.11. The Morgan fingerprint density at radius 2 is 1.86 bits per heavy atom. The monoisotopic (exact) mass is 217 g/mol. The number of halogens is 1. The van der Waals surface area contributed by atoms with Gasteiger partial charge in [-0.3, -0.25) is 4.79 Å². The van der Waals surface area contributed by atoms with Crippen LogP contribution in [0.25, 0.3) is 0 Å². The lowest BCUT2D eigenvalue weighted by molar-refractivity contribution is -0.140. The van der Waals surface area contributed by atoms with Crippen molar-refractivity contribution in [2.45, 2.75) is 38.1 Å². The zero-order chi connectivity index (χ0) is 9.27. The van der Waals surface area contributed by atoms with Crippen molar-refractivity contribution in [2.24, 2.45) is 22.5 Å². The van der Waals surface area contributed by atoms with Crippen molar-refractivity contribution >= 4 is 18.4 Å². The summed E-state index contributed by atoms with van der Waals surface area (Å²) in [5.41, 5.74) is 6.12. The summed E-state index contributed by atoms with van der Waals surface area (Å²) >= 11 is 0. The zero-order valence-corrected chi connectivity index (χ0v) is 8.85. The minimum absolute atomic E-state index is 0. The lowest BCUT2D eigenvalue weighted by atomic mass is 9.65. The topological polar surface area (TPSA) is 63.3 Å². The average molecular weight is 218 g/mol. The van der Waals surface area contributed by atoms with E-state index >= 15 is 0 Å². The van der Waals surface area contributed by atoms with Crippen LogP contribution in [0, 0.1) is 16.7 Å². The minimum Gasteiger partial charge on any atom is -0.481 e. The first-order valence-corrected chi connectivity index (χ1v) is 5.11. The molecule has 0 saturated heterocycles. The van der Waals surface area contributed by atoms with E-state index in [1.165, 1.54) is 6.42 Å². The summed E-state index contributed by atoms with van der Waals surface area (Å²) in [6.07, 6.45) is 5.42. The number of hydrogen-bond acceptors (Lipinski definition) is 2. The van der Waals surface area contributed by atoms with Crippen molar-refractivity contribution in [2.75, 3.05) is 0 Å². The van der Waals surface area contributed by atoms with E-state index in [2.05, 4.69) is 0 Å². The first-order chi connectivity index (χ1) is 6.12. The minimum atomic E-state index is -0.577. The Morgan fingerprint density at radius 1 is 1.29 bits per heavy atom. The van der Waals surface area contributed by atoms with Gasteiger partial charge in [0.05, 0.1) is 5.92 Å². The Bertz CT molecular complexity index is 282. The van der Waals surface area contributed by atoms with Crippen molar-refractivity contribution < 1.29 is 9.90 Å². The molecule has 0 bridgehead atoms. The Kier molecular flexibility index (Phi) is 1.93. The number of fused-ring (bicyclic) bond motifs is 1. The quantitative estimate of drug-likeness (QED) is 0.698. The van der Waals surface area contributed by atoms with Crippen LogP contribution in [0.4, 0.5) is 0 Å².